The second kappa shape index (κ2) is 32.1. The monoisotopic (exact) mass is 1060 g/mol. The molecule has 0 radical (unpaired) electrons. The first-order valence-electron chi connectivity index (χ1n) is 26.0. The van der Waals surface area contributed by atoms with E-state index in [9.17, 15) is 9.59 Å². The van der Waals surface area contributed by atoms with Crippen LogP contribution in [0.5, 0.6) is 0 Å². The molecule has 378 valence electrons. The third-order valence-electron chi connectivity index (χ3n) is 13.4. The van der Waals surface area contributed by atoms with Crippen LogP contribution >= 0.6 is 22.6 Å². The first-order chi connectivity index (χ1) is 33.9. The van der Waals surface area contributed by atoms with E-state index < -0.39 is 0 Å². The number of hydrogen-bond donors (Lipinski definition) is 0. The van der Waals surface area contributed by atoms with Gasteiger partial charge in [0, 0.05) is 51.1 Å². The molecule has 10 atom stereocenters. The highest BCUT2D eigenvalue weighted by atomic mass is 127. The molecule has 4 heterocycles. The van der Waals surface area contributed by atoms with Gasteiger partial charge in [0.25, 0.3) is 0 Å². The molecule has 0 amide bonds. The number of ketones is 2. The van der Waals surface area contributed by atoms with E-state index in [0.717, 1.165) is 128 Å². The highest BCUT2D eigenvalue weighted by Gasteiger charge is 2.42. The van der Waals surface area contributed by atoms with Crippen molar-refractivity contribution < 1.29 is 47.5 Å². The Morgan fingerprint density at radius 3 is 1.61 bits per heavy atom. The highest BCUT2D eigenvalue weighted by molar-refractivity contribution is 14.1. The molecular formula is C58H79IO10. The van der Waals surface area contributed by atoms with Crippen molar-refractivity contribution in [2.75, 3.05) is 26.4 Å². The molecule has 2 aromatic rings. The Labute approximate surface area is 426 Å². The Bertz CT molecular complexity index is 1860. The Balaban J connectivity index is 0.000000188. The lowest BCUT2D eigenvalue weighted by atomic mass is 9.90. The third-order valence-corrected chi connectivity index (χ3v) is 13.9. The zero-order valence-corrected chi connectivity index (χ0v) is 43.1. The molecule has 11 heteroatoms. The number of rotatable bonds is 21. The van der Waals surface area contributed by atoms with Gasteiger partial charge >= 0.3 is 0 Å². The van der Waals surface area contributed by atoms with Crippen LogP contribution in [0.1, 0.15) is 127 Å². The summed E-state index contributed by atoms with van der Waals surface area (Å²) in [6.45, 7) is 10.6. The first-order valence-corrected chi connectivity index (χ1v) is 27.2. The SMILES string of the molecule is C=CCC1=C[C@H](OC2CCCCO2)CC1=O.C=CC[C@H]1C(=O)C[C@@H](OC2CCCCO2)[C@@H]1/C=C/[C@H](CCc1ccccc1)OC1CCCCO1.I/C=C/[C@H](CCc1ccccc1)OC1CCCCO1. The summed E-state index contributed by atoms with van der Waals surface area (Å²) in [7, 11) is 0. The van der Waals surface area contributed by atoms with Gasteiger partial charge in [-0.3, -0.25) is 9.59 Å². The second-order valence-electron chi connectivity index (χ2n) is 18.8. The lowest BCUT2D eigenvalue weighted by Gasteiger charge is -2.29. The molecular weight excluding hydrogens is 984 g/mol. The minimum Gasteiger partial charge on any atom is -0.353 e. The molecule has 6 aliphatic rings. The van der Waals surface area contributed by atoms with E-state index in [1.54, 1.807) is 6.08 Å². The molecule has 0 N–H and O–H groups in total. The lowest BCUT2D eigenvalue weighted by molar-refractivity contribution is -0.192. The summed E-state index contributed by atoms with van der Waals surface area (Å²) in [5, 5.41) is 0. The van der Waals surface area contributed by atoms with Crippen molar-refractivity contribution in [3.05, 3.63) is 131 Å². The highest BCUT2D eigenvalue weighted by Crippen LogP contribution is 2.37. The van der Waals surface area contributed by atoms with E-state index in [2.05, 4.69) is 109 Å². The molecule has 0 aromatic heterocycles. The minimum atomic E-state index is -0.203. The molecule has 0 bridgehead atoms. The molecule has 69 heavy (non-hydrogen) atoms. The average molecular weight is 1060 g/mol. The number of ether oxygens (including phenoxy) is 8. The van der Waals surface area contributed by atoms with E-state index in [-0.39, 0.29) is 73.0 Å². The summed E-state index contributed by atoms with van der Waals surface area (Å²) in [5.41, 5.74) is 3.49. The van der Waals surface area contributed by atoms with Gasteiger partial charge in [-0.1, -0.05) is 108 Å². The van der Waals surface area contributed by atoms with Crippen molar-refractivity contribution in [1.82, 2.24) is 0 Å². The summed E-state index contributed by atoms with van der Waals surface area (Å²) in [6, 6.07) is 21.1. The zero-order chi connectivity index (χ0) is 48.3. The van der Waals surface area contributed by atoms with Gasteiger partial charge < -0.3 is 37.9 Å². The van der Waals surface area contributed by atoms with E-state index in [1.807, 2.05) is 22.3 Å². The van der Waals surface area contributed by atoms with Crippen molar-refractivity contribution >= 4 is 34.2 Å². The van der Waals surface area contributed by atoms with E-state index >= 15 is 0 Å². The van der Waals surface area contributed by atoms with Crippen LogP contribution in [0.2, 0.25) is 0 Å². The van der Waals surface area contributed by atoms with Crippen molar-refractivity contribution in [1.29, 1.82) is 0 Å². The van der Waals surface area contributed by atoms with Crippen molar-refractivity contribution in [2.24, 2.45) is 11.8 Å². The van der Waals surface area contributed by atoms with Crippen LogP contribution in [0.4, 0.5) is 0 Å². The number of allylic oxidation sites excluding steroid dienone is 3. The molecule has 1 saturated carbocycles. The molecule has 2 aromatic carbocycles. The van der Waals surface area contributed by atoms with E-state index in [1.165, 1.54) is 17.5 Å². The fourth-order valence-corrected chi connectivity index (χ4v) is 10.1. The van der Waals surface area contributed by atoms with Gasteiger partial charge in [-0.25, -0.2) is 0 Å². The summed E-state index contributed by atoms with van der Waals surface area (Å²) >= 11 is 2.25. The van der Waals surface area contributed by atoms with Crippen molar-refractivity contribution in [2.45, 2.75) is 178 Å². The molecule has 0 spiro atoms. The summed E-state index contributed by atoms with van der Waals surface area (Å²) in [4.78, 5) is 24.4. The minimum absolute atomic E-state index is 0.00567. The maximum absolute atomic E-state index is 12.8. The smallest absolute Gasteiger partial charge is 0.161 e. The van der Waals surface area contributed by atoms with Crippen LogP contribution in [0, 0.1) is 11.8 Å². The quantitative estimate of drug-likeness (QED) is 0.0886. The van der Waals surface area contributed by atoms with Crippen LogP contribution in [-0.4, -0.2) is 87.6 Å². The number of carbonyl (C=O) groups excluding carboxylic acids is 2. The van der Waals surface area contributed by atoms with Gasteiger partial charge in [0.05, 0.1) is 24.4 Å². The molecule has 5 fully saturated rings. The predicted molar refractivity (Wildman–Crippen MR) is 280 cm³/mol. The normalized spacial score (nSPS) is 28.3. The Morgan fingerprint density at radius 2 is 1.13 bits per heavy atom. The number of benzene rings is 2. The largest absolute Gasteiger partial charge is 0.353 e. The number of carbonyl (C=O) groups is 2. The predicted octanol–water partition coefficient (Wildman–Crippen LogP) is 12.6. The van der Waals surface area contributed by atoms with Gasteiger partial charge in [0.15, 0.2) is 30.9 Å². The number of halogens is 1. The topological polar surface area (TPSA) is 108 Å². The maximum Gasteiger partial charge on any atom is 0.161 e. The molecule has 10 nitrogen and oxygen atoms in total. The van der Waals surface area contributed by atoms with Gasteiger partial charge in [0.1, 0.15) is 5.78 Å². The van der Waals surface area contributed by atoms with Gasteiger partial charge in [-0.05, 0) is 149 Å². The fourth-order valence-electron chi connectivity index (χ4n) is 9.65. The average Bonchev–Trinajstić information content (AvgIpc) is 3.88. The lowest BCUT2D eigenvalue weighted by Crippen LogP contribution is -2.31. The third kappa shape index (κ3) is 20.1. The fraction of sp³-hybridized carbons (Fsp3) is 0.586. The van der Waals surface area contributed by atoms with E-state index in [0.29, 0.717) is 25.7 Å². The van der Waals surface area contributed by atoms with Gasteiger partial charge in [0.2, 0.25) is 0 Å². The zero-order valence-electron chi connectivity index (χ0n) is 40.9. The standard InChI is InChI=1S/C29H40O5.C16H21IO2.C13H18O3/c1-2-10-24-25(27(21-26(24)30)34-29-14-7-9-20-32-29)18-17-23(33-28-13-6-8-19-31-28)16-15-22-11-4-3-5-12-22;17-12-11-15(19-16-8-4-5-13-18-16)10-9-14-6-2-1-3-7-14;1-2-5-10-8-11(9-12(10)14)16-13-6-3-4-7-15-13/h2-5,11-12,17-18,23-25,27-29H,1,6-10,13-16,19-21H2;1-3,6-7,11-12,15-16H,4-5,8-10,13H2;2,8,11,13H,1,3-7,9H2/b18-17+;12-11+;/t23-,24+,25+,27+,28?,29?;15-,16?;11-,13?/m000/s1. The Kier molecular flexibility index (Phi) is 25.7. The summed E-state index contributed by atoms with van der Waals surface area (Å²) < 4.78 is 49.4. The maximum atomic E-state index is 12.8. The van der Waals surface area contributed by atoms with Crippen LogP contribution in [0.25, 0.3) is 0 Å². The second-order valence-corrected chi connectivity index (χ2v) is 19.5. The summed E-state index contributed by atoms with van der Waals surface area (Å²) in [5.74, 6) is 0.350. The van der Waals surface area contributed by atoms with Gasteiger partial charge in [-0.2, -0.15) is 0 Å². The molecule has 4 aliphatic heterocycles. The molecule has 4 unspecified atom stereocenters. The Hall–Kier alpha value is -3.11. The van der Waals surface area contributed by atoms with E-state index in [4.69, 9.17) is 37.9 Å². The summed E-state index contributed by atoms with van der Waals surface area (Å²) in [6.07, 6.45) is 30.2. The molecule has 4 saturated heterocycles. The van der Waals surface area contributed by atoms with Crippen molar-refractivity contribution in [3.8, 4) is 0 Å². The molecule has 2 aliphatic carbocycles. The van der Waals surface area contributed by atoms with Crippen LogP contribution < -0.4 is 0 Å². The van der Waals surface area contributed by atoms with Crippen LogP contribution in [0.15, 0.2) is 120 Å². The van der Waals surface area contributed by atoms with Crippen LogP contribution in [0.3, 0.4) is 0 Å². The van der Waals surface area contributed by atoms with Gasteiger partial charge in [-0.15, -0.1) is 13.2 Å². The van der Waals surface area contributed by atoms with Crippen LogP contribution in [-0.2, 0) is 60.3 Å². The number of Topliss-reactive ketones (excluding diaryl/α,β-unsaturated/α-hetero) is 2. The van der Waals surface area contributed by atoms with Crippen molar-refractivity contribution in [3.63, 3.8) is 0 Å². The molecule has 8 rings (SSSR count). The number of hydrogen-bond acceptors (Lipinski definition) is 10. The Morgan fingerprint density at radius 1 is 0.623 bits per heavy atom. The number of aryl methyl sites for hydroxylation is 2. The first kappa shape index (κ1) is 55.2.